The SMILES string of the molecule is CCOC(=O)CCc1csc(NCC(C)SC)n1. The fourth-order valence-corrected chi connectivity index (χ4v) is 2.29. The van der Waals surface area contributed by atoms with Crippen molar-refractivity contribution in [3.8, 4) is 0 Å². The maximum Gasteiger partial charge on any atom is 0.306 e. The number of nitrogens with zero attached hydrogens (tertiary/aromatic N) is 1. The maximum absolute atomic E-state index is 11.2. The molecule has 0 saturated carbocycles. The van der Waals surface area contributed by atoms with Gasteiger partial charge in [0.1, 0.15) is 0 Å². The number of hydrogen-bond donors (Lipinski definition) is 1. The number of carbonyl (C=O) groups excluding carboxylic acids is 1. The average Bonchev–Trinajstić information content (AvgIpc) is 2.82. The Kier molecular flexibility index (Phi) is 7.12. The molecule has 0 fully saturated rings. The lowest BCUT2D eigenvalue weighted by Gasteiger charge is -2.07. The molecule has 1 rings (SSSR count). The van der Waals surface area contributed by atoms with E-state index in [1.54, 1.807) is 11.3 Å². The predicted octanol–water partition coefficient (Wildman–Crippen LogP) is 2.80. The number of anilines is 1. The third-order valence-corrected chi connectivity index (χ3v) is 4.21. The third kappa shape index (κ3) is 5.73. The Balaban J connectivity index is 2.32. The Morgan fingerprint density at radius 1 is 1.67 bits per heavy atom. The molecule has 0 radical (unpaired) electrons. The molecule has 0 spiro atoms. The normalized spacial score (nSPS) is 12.2. The van der Waals surface area contributed by atoms with Gasteiger partial charge in [-0.15, -0.1) is 11.3 Å². The summed E-state index contributed by atoms with van der Waals surface area (Å²) in [6.07, 6.45) is 3.15. The predicted molar refractivity (Wildman–Crippen MR) is 78.5 cm³/mol. The van der Waals surface area contributed by atoms with Gasteiger partial charge in [-0.2, -0.15) is 11.8 Å². The quantitative estimate of drug-likeness (QED) is 0.745. The van der Waals surface area contributed by atoms with Crippen molar-refractivity contribution in [2.45, 2.75) is 31.9 Å². The van der Waals surface area contributed by atoms with Crippen molar-refractivity contribution in [2.24, 2.45) is 0 Å². The van der Waals surface area contributed by atoms with Gasteiger partial charge in [-0.1, -0.05) is 6.92 Å². The molecule has 0 aliphatic rings. The first-order valence-electron chi connectivity index (χ1n) is 6.02. The number of aromatic nitrogens is 1. The Morgan fingerprint density at radius 3 is 3.11 bits per heavy atom. The molecule has 0 aliphatic carbocycles. The second-order valence-electron chi connectivity index (χ2n) is 3.88. The standard InChI is InChI=1S/C12H20N2O2S2/c1-4-16-11(15)6-5-10-8-18-12(14-10)13-7-9(2)17-3/h8-9H,4-7H2,1-3H3,(H,13,14). The van der Waals surface area contributed by atoms with E-state index < -0.39 is 0 Å². The molecular weight excluding hydrogens is 268 g/mol. The van der Waals surface area contributed by atoms with Crippen LogP contribution in [0.15, 0.2) is 5.38 Å². The van der Waals surface area contributed by atoms with E-state index in [9.17, 15) is 4.79 Å². The summed E-state index contributed by atoms with van der Waals surface area (Å²) in [4.78, 5) is 15.7. The van der Waals surface area contributed by atoms with E-state index in [0.29, 0.717) is 24.7 Å². The summed E-state index contributed by atoms with van der Waals surface area (Å²) >= 11 is 3.41. The van der Waals surface area contributed by atoms with E-state index in [-0.39, 0.29) is 5.97 Å². The molecule has 4 nitrogen and oxygen atoms in total. The molecule has 1 aromatic rings. The average molecular weight is 288 g/mol. The van der Waals surface area contributed by atoms with Crippen LogP contribution < -0.4 is 5.32 Å². The van der Waals surface area contributed by atoms with Crippen LogP contribution in [-0.2, 0) is 16.0 Å². The first kappa shape index (κ1) is 15.3. The highest BCUT2D eigenvalue weighted by Gasteiger charge is 2.07. The monoisotopic (exact) mass is 288 g/mol. The summed E-state index contributed by atoms with van der Waals surface area (Å²) in [5.41, 5.74) is 0.951. The van der Waals surface area contributed by atoms with Crippen molar-refractivity contribution in [1.29, 1.82) is 0 Å². The number of esters is 1. The van der Waals surface area contributed by atoms with Gasteiger partial charge in [-0.05, 0) is 13.2 Å². The minimum absolute atomic E-state index is 0.156. The van der Waals surface area contributed by atoms with Crippen molar-refractivity contribution >= 4 is 34.2 Å². The van der Waals surface area contributed by atoms with Gasteiger partial charge < -0.3 is 10.1 Å². The Bertz CT molecular complexity index is 369. The van der Waals surface area contributed by atoms with Gasteiger partial charge in [-0.3, -0.25) is 4.79 Å². The van der Waals surface area contributed by atoms with Crippen LogP contribution >= 0.6 is 23.1 Å². The molecule has 0 aromatic carbocycles. The third-order valence-electron chi connectivity index (χ3n) is 2.39. The summed E-state index contributed by atoms with van der Waals surface area (Å²) in [5.74, 6) is -0.156. The molecule has 1 heterocycles. The molecule has 0 saturated heterocycles. The van der Waals surface area contributed by atoms with Crippen LogP contribution in [0.3, 0.4) is 0 Å². The van der Waals surface area contributed by atoms with E-state index in [0.717, 1.165) is 17.4 Å². The lowest BCUT2D eigenvalue weighted by atomic mass is 10.2. The lowest BCUT2D eigenvalue weighted by molar-refractivity contribution is -0.143. The zero-order valence-corrected chi connectivity index (χ0v) is 12.7. The minimum atomic E-state index is -0.156. The van der Waals surface area contributed by atoms with Gasteiger partial charge in [0, 0.05) is 23.6 Å². The molecule has 102 valence electrons. The van der Waals surface area contributed by atoms with E-state index in [1.165, 1.54) is 0 Å². The van der Waals surface area contributed by atoms with Gasteiger partial charge in [0.05, 0.1) is 18.7 Å². The second-order valence-corrected chi connectivity index (χ2v) is 6.01. The summed E-state index contributed by atoms with van der Waals surface area (Å²) < 4.78 is 4.88. The fraction of sp³-hybridized carbons (Fsp3) is 0.667. The van der Waals surface area contributed by atoms with Crippen LogP contribution in [0.25, 0.3) is 0 Å². The summed E-state index contributed by atoms with van der Waals surface area (Å²) in [6.45, 7) is 5.34. The van der Waals surface area contributed by atoms with E-state index in [4.69, 9.17) is 4.74 Å². The van der Waals surface area contributed by atoms with Gasteiger partial charge in [0.2, 0.25) is 0 Å². The van der Waals surface area contributed by atoms with Gasteiger partial charge in [0.15, 0.2) is 5.13 Å². The zero-order valence-electron chi connectivity index (χ0n) is 11.1. The van der Waals surface area contributed by atoms with Crippen molar-refractivity contribution in [3.63, 3.8) is 0 Å². The molecule has 0 bridgehead atoms. The Hall–Kier alpha value is -0.750. The molecular formula is C12H20N2O2S2. The number of rotatable bonds is 8. The summed E-state index contributed by atoms with van der Waals surface area (Å²) in [5, 5.41) is 6.78. The molecule has 6 heteroatoms. The first-order chi connectivity index (χ1) is 8.65. The second kappa shape index (κ2) is 8.37. The van der Waals surface area contributed by atoms with Crippen molar-refractivity contribution in [3.05, 3.63) is 11.1 Å². The van der Waals surface area contributed by atoms with E-state index in [1.807, 2.05) is 24.1 Å². The van der Waals surface area contributed by atoms with Crippen molar-refractivity contribution < 1.29 is 9.53 Å². The lowest BCUT2D eigenvalue weighted by Crippen LogP contribution is -2.12. The Labute approximate surface area is 117 Å². The largest absolute Gasteiger partial charge is 0.466 e. The molecule has 1 aromatic heterocycles. The first-order valence-corrected chi connectivity index (χ1v) is 8.19. The number of ether oxygens (including phenoxy) is 1. The highest BCUT2D eigenvalue weighted by Crippen LogP contribution is 2.17. The molecule has 1 N–H and O–H groups in total. The number of nitrogens with one attached hydrogen (secondary N) is 1. The van der Waals surface area contributed by atoms with E-state index in [2.05, 4.69) is 23.5 Å². The van der Waals surface area contributed by atoms with Crippen molar-refractivity contribution in [1.82, 2.24) is 4.98 Å². The molecule has 18 heavy (non-hydrogen) atoms. The maximum atomic E-state index is 11.2. The summed E-state index contributed by atoms with van der Waals surface area (Å²) in [6, 6.07) is 0. The summed E-state index contributed by atoms with van der Waals surface area (Å²) in [7, 11) is 0. The minimum Gasteiger partial charge on any atom is -0.466 e. The number of hydrogen-bond acceptors (Lipinski definition) is 6. The van der Waals surface area contributed by atoms with Crippen molar-refractivity contribution in [2.75, 3.05) is 24.7 Å². The highest BCUT2D eigenvalue weighted by atomic mass is 32.2. The molecule has 0 amide bonds. The highest BCUT2D eigenvalue weighted by molar-refractivity contribution is 7.99. The number of carbonyl (C=O) groups is 1. The molecule has 1 atom stereocenters. The molecule has 0 aliphatic heterocycles. The fourth-order valence-electron chi connectivity index (χ4n) is 1.28. The van der Waals surface area contributed by atoms with Gasteiger partial charge in [0.25, 0.3) is 0 Å². The smallest absolute Gasteiger partial charge is 0.306 e. The van der Waals surface area contributed by atoms with Crippen LogP contribution in [0, 0.1) is 0 Å². The van der Waals surface area contributed by atoms with E-state index >= 15 is 0 Å². The van der Waals surface area contributed by atoms with Gasteiger partial charge >= 0.3 is 5.97 Å². The topological polar surface area (TPSA) is 51.2 Å². The van der Waals surface area contributed by atoms with Crippen LogP contribution in [0.1, 0.15) is 26.0 Å². The van der Waals surface area contributed by atoms with Crippen LogP contribution in [-0.4, -0.2) is 35.6 Å². The Morgan fingerprint density at radius 2 is 2.44 bits per heavy atom. The number of thiazole rings is 1. The number of thioether (sulfide) groups is 1. The van der Waals surface area contributed by atoms with Crippen LogP contribution in [0.2, 0.25) is 0 Å². The van der Waals surface area contributed by atoms with Crippen LogP contribution in [0.4, 0.5) is 5.13 Å². The zero-order chi connectivity index (χ0) is 13.4. The van der Waals surface area contributed by atoms with Crippen LogP contribution in [0.5, 0.6) is 0 Å². The molecule has 1 unspecified atom stereocenters. The number of aryl methyl sites for hydroxylation is 1. The van der Waals surface area contributed by atoms with Gasteiger partial charge in [-0.25, -0.2) is 4.98 Å².